The van der Waals surface area contributed by atoms with Gasteiger partial charge in [-0.3, -0.25) is 9.59 Å². The number of rotatable bonds is 30. The van der Waals surface area contributed by atoms with Crippen molar-refractivity contribution in [1.29, 1.82) is 0 Å². The molecule has 0 aromatic carbocycles. The van der Waals surface area contributed by atoms with Crippen molar-refractivity contribution in [2.24, 2.45) is 11.3 Å². The maximum atomic E-state index is 12.5. The predicted molar refractivity (Wildman–Crippen MR) is 226 cm³/mol. The summed E-state index contributed by atoms with van der Waals surface area (Å²) in [4.78, 5) is 24.5. The lowest BCUT2D eigenvalue weighted by atomic mass is 9.54. The summed E-state index contributed by atoms with van der Waals surface area (Å²) >= 11 is 0. The Bertz CT molecular complexity index is 1140. The van der Waals surface area contributed by atoms with Gasteiger partial charge in [-0.15, -0.1) is 0 Å². The highest BCUT2D eigenvalue weighted by Crippen LogP contribution is 2.55. The molecule has 306 valence electrons. The quantitative estimate of drug-likeness (QED) is 0.0252. The Hall–Kier alpha value is -1.98. The van der Waals surface area contributed by atoms with Crippen molar-refractivity contribution in [3.63, 3.8) is 0 Å². The Kier molecular flexibility index (Phi) is 26.3. The smallest absolute Gasteiger partial charge is 0.305 e. The van der Waals surface area contributed by atoms with E-state index in [1.54, 1.807) is 0 Å². The zero-order valence-corrected chi connectivity index (χ0v) is 36.0. The molecule has 0 heterocycles. The van der Waals surface area contributed by atoms with Crippen molar-refractivity contribution in [2.45, 2.75) is 228 Å². The molecule has 0 aromatic heterocycles. The minimum absolute atomic E-state index is 0.00993. The van der Waals surface area contributed by atoms with Gasteiger partial charge in [0.05, 0.1) is 18.3 Å². The molecule has 0 amide bonds. The number of aliphatic hydroxyl groups excluding tert-OH is 1. The molecule has 1 saturated carbocycles. The van der Waals surface area contributed by atoms with Crippen LogP contribution in [-0.4, -0.2) is 40.8 Å². The van der Waals surface area contributed by atoms with E-state index in [1.807, 2.05) is 20.8 Å². The molecule has 5 nitrogen and oxygen atoms in total. The van der Waals surface area contributed by atoms with Crippen LogP contribution in [-0.2, 0) is 14.3 Å². The van der Waals surface area contributed by atoms with E-state index in [-0.39, 0.29) is 11.9 Å². The average molecular weight is 741 g/mol. The monoisotopic (exact) mass is 741 g/mol. The van der Waals surface area contributed by atoms with Gasteiger partial charge in [-0.25, -0.2) is 0 Å². The van der Waals surface area contributed by atoms with Crippen LogP contribution in [0.5, 0.6) is 0 Å². The van der Waals surface area contributed by atoms with E-state index in [2.05, 4.69) is 52.8 Å². The highest BCUT2D eigenvalue weighted by molar-refractivity contribution is 5.74. The Balaban J connectivity index is 2.54. The second-order valence-electron chi connectivity index (χ2n) is 17.2. The van der Waals surface area contributed by atoms with Gasteiger partial charge >= 0.3 is 5.97 Å². The molecule has 2 N–H and O–H groups in total. The van der Waals surface area contributed by atoms with Gasteiger partial charge < -0.3 is 14.9 Å². The van der Waals surface area contributed by atoms with E-state index in [1.165, 1.54) is 94.6 Å². The summed E-state index contributed by atoms with van der Waals surface area (Å²) < 4.78 is 5.67. The van der Waals surface area contributed by atoms with Gasteiger partial charge in [0.1, 0.15) is 6.29 Å². The van der Waals surface area contributed by atoms with Gasteiger partial charge in [0.25, 0.3) is 0 Å². The highest BCUT2D eigenvalue weighted by Gasteiger charge is 2.52. The van der Waals surface area contributed by atoms with E-state index in [4.69, 9.17) is 4.74 Å². The average Bonchev–Trinajstić information content (AvgIpc) is 3.11. The second-order valence-corrected chi connectivity index (χ2v) is 17.2. The Morgan fingerprint density at radius 2 is 1.36 bits per heavy atom. The summed E-state index contributed by atoms with van der Waals surface area (Å²) in [5.74, 6) is -0.106. The molecule has 0 saturated heterocycles. The summed E-state index contributed by atoms with van der Waals surface area (Å²) in [5.41, 5.74) is 4.10. The maximum absolute atomic E-state index is 12.5. The summed E-state index contributed by atoms with van der Waals surface area (Å²) in [5, 5.41) is 22.7. The zero-order valence-electron chi connectivity index (χ0n) is 36.0. The van der Waals surface area contributed by atoms with Crippen molar-refractivity contribution < 1.29 is 24.5 Å². The Morgan fingerprint density at radius 3 is 1.91 bits per heavy atom. The van der Waals surface area contributed by atoms with Crippen molar-refractivity contribution >= 4 is 12.3 Å². The number of ether oxygens (including phenoxy) is 1. The minimum Gasteiger partial charge on any atom is -0.466 e. The summed E-state index contributed by atoms with van der Waals surface area (Å²) in [6.07, 6.45) is 33.8. The molecule has 1 aliphatic rings. The number of carbonyl (C=O) groups excluding carboxylic acids is 2. The molecule has 0 aromatic rings. The lowest BCUT2D eigenvalue weighted by molar-refractivity contribution is -0.144. The first-order valence-electron chi connectivity index (χ1n) is 22.0. The van der Waals surface area contributed by atoms with Gasteiger partial charge in [0.15, 0.2) is 0 Å². The van der Waals surface area contributed by atoms with Gasteiger partial charge in [-0.2, -0.15) is 0 Å². The molecule has 1 rings (SSSR count). The molecule has 0 aliphatic heterocycles. The second kappa shape index (κ2) is 28.4. The maximum Gasteiger partial charge on any atom is 0.305 e. The predicted octanol–water partition coefficient (Wildman–Crippen LogP) is 13.4. The van der Waals surface area contributed by atoms with Crippen LogP contribution >= 0.6 is 0 Å². The number of carbonyl (C=O) groups is 2. The van der Waals surface area contributed by atoms with E-state index in [0.29, 0.717) is 38.7 Å². The molecule has 4 atom stereocenters. The third kappa shape index (κ3) is 20.5. The first-order chi connectivity index (χ1) is 25.3. The SMILES string of the molecule is CCCCCCCCCCCCCCCCCC(=O)OCCC[C@@H]1/C(=C(/C)C=O)CC[C@](C)(O)[C@@]1(C)CC/C=C(\C)[C@H](O)C/C=C(\C)CCC=C(C)C. The Labute approximate surface area is 327 Å². The molecule has 1 fully saturated rings. The minimum atomic E-state index is -0.903. The molecule has 5 heteroatoms. The summed E-state index contributed by atoms with van der Waals surface area (Å²) in [6.45, 7) is 17.0. The van der Waals surface area contributed by atoms with E-state index in [0.717, 1.165) is 68.0 Å². The van der Waals surface area contributed by atoms with Crippen LogP contribution in [0.4, 0.5) is 0 Å². The van der Waals surface area contributed by atoms with Crippen molar-refractivity contribution in [2.75, 3.05) is 6.61 Å². The van der Waals surface area contributed by atoms with Gasteiger partial charge in [0, 0.05) is 11.8 Å². The summed E-state index contributed by atoms with van der Waals surface area (Å²) in [6, 6.07) is 0. The third-order valence-electron chi connectivity index (χ3n) is 12.3. The molecular formula is C48H84O5. The van der Waals surface area contributed by atoms with Crippen LogP contribution < -0.4 is 0 Å². The Morgan fingerprint density at radius 1 is 0.792 bits per heavy atom. The number of hydrogen-bond donors (Lipinski definition) is 2. The van der Waals surface area contributed by atoms with Gasteiger partial charge in [-0.1, -0.05) is 139 Å². The third-order valence-corrected chi connectivity index (χ3v) is 12.3. The van der Waals surface area contributed by atoms with E-state index in [9.17, 15) is 19.8 Å². The molecule has 0 bridgehead atoms. The molecule has 0 radical (unpaired) electrons. The first-order valence-corrected chi connectivity index (χ1v) is 22.0. The van der Waals surface area contributed by atoms with Crippen LogP contribution in [0.1, 0.15) is 216 Å². The fourth-order valence-corrected chi connectivity index (χ4v) is 8.19. The highest BCUT2D eigenvalue weighted by atomic mass is 16.5. The number of hydrogen-bond acceptors (Lipinski definition) is 5. The lowest BCUT2D eigenvalue weighted by Crippen LogP contribution is -2.52. The number of aliphatic hydroxyl groups is 2. The largest absolute Gasteiger partial charge is 0.466 e. The molecular weight excluding hydrogens is 657 g/mol. The first kappa shape index (κ1) is 49.0. The molecule has 1 aliphatic carbocycles. The van der Waals surface area contributed by atoms with Gasteiger partial charge in [-0.05, 0) is 123 Å². The van der Waals surface area contributed by atoms with Crippen molar-refractivity contribution in [3.05, 3.63) is 46.1 Å². The number of allylic oxidation sites excluding steroid dienone is 6. The van der Waals surface area contributed by atoms with Crippen molar-refractivity contribution in [1.82, 2.24) is 0 Å². The van der Waals surface area contributed by atoms with Crippen molar-refractivity contribution in [3.8, 4) is 0 Å². The molecule has 0 unspecified atom stereocenters. The topological polar surface area (TPSA) is 83.8 Å². The fraction of sp³-hybridized carbons (Fsp3) is 0.792. The standard InChI is InChI=1S/C48H84O5/c1-9-10-11-12-13-14-15-16-17-18-19-20-21-22-23-31-46(51)53-37-26-30-44-43(42(6)38-49)34-36-48(8,52)47(44,7)35-25-29-41(5)45(50)33-32-40(4)28-24-27-39(2)3/h27,29,32,38,44-45,50,52H,9-26,28,30-31,33-37H2,1-8H3/b40-32+,41-29+,43-42-/t44-,45-,47+,48+/m1/s1. The number of unbranched alkanes of at least 4 members (excludes halogenated alkanes) is 14. The van der Waals surface area contributed by atoms with Crippen LogP contribution in [0.3, 0.4) is 0 Å². The van der Waals surface area contributed by atoms with Crippen LogP contribution in [0.25, 0.3) is 0 Å². The normalized spacial score (nSPS) is 22.4. The van der Waals surface area contributed by atoms with E-state index < -0.39 is 17.1 Å². The zero-order chi connectivity index (χ0) is 39.5. The fourth-order valence-electron chi connectivity index (χ4n) is 8.19. The van der Waals surface area contributed by atoms with Crippen LogP contribution in [0.2, 0.25) is 0 Å². The summed E-state index contributed by atoms with van der Waals surface area (Å²) in [7, 11) is 0. The van der Waals surface area contributed by atoms with E-state index >= 15 is 0 Å². The van der Waals surface area contributed by atoms with Gasteiger partial charge in [0.2, 0.25) is 0 Å². The number of aldehydes is 1. The molecule has 0 spiro atoms. The molecule has 53 heavy (non-hydrogen) atoms. The lowest BCUT2D eigenvalue weighted by Gasteiger charge is -2.53. The van der Waals surface area contributed by atoms with Crippen LogP contribution in [0, 0.1) is 11.3 Å². The van der Waals surface area contributed by atoms with Crippen LogP contribution in [0.15, 0.2) is 46.1 Å². The number of esters is 1.